The van der Waals surface area contributed by atoms with Gasteiger partial charge < -0.3 is 10.6 Å². The van der Waals surface area contributed by atoms with Crippen LogP contribution in [-0.2, 0) is 0 Å². The zero-order valence-electron chi connectivity index (χ0n) is 9.60. The van der Waals surface area contributed by atoms with Gasteiger partial charge in [-0.05, 0) is 43.6 Å². The molecule has 14 heavy (non-hydrogen) atoms. The average Bonchev–Trinajstić information content (AvgIpc) is 2.86. The molecule has 1 heterocycles. The number of hydrogen-bond acceptors (Lipinski definition) is 2. The Labute approximate surface area is 87.8 Å². The van der Waals surface area contributed by atoms with Crippen molar-refractivity contribution in [2.24, 2.45) is 11.3 Å². The average molecular weight is 196 g/mol. The summed E-state index contributed by atoms with van der Waals surface area (Å²) in [5, 5.41) is 7.22. The third-order valence-electron chi connectivity index (χ3n) is 4.26. The highest BCUT2D eigenvalue weighted by molar-refractivity contribution is 4.94. The van der Waals surface area contributed by atoms with Crippen molar-refractivity contribution < 1.29 is 0 Å². The summed E-state index contributed by atoms with van der Waals surface area (Å²) in [4.78, 5) is 0. The van der Waals surface area contributed by atoms with Gasteiger partial charge in [-0.3, -0.25) is 0 Å². The highest BCUT2D eigenvalue weighted by Crippen LogP contribution is 2.47. The van der Waals surface area contributed by atoms with Crippen LogP contribution in [0.25, 0.3) is 0 Å². The van der Waals surface area contributed by atoms with E-state index < -0.39 is 0 Å². The molecule has 1 saturated heterocycles. The molecule has 2 atom stereocenters. The van der Waals surface area contributed by atoms with Gasteiger partial charge in [0.15, 0.2) is 0 Å². The fraction of sp³-hybridized carbons (Fsp3) is 1.00. The van der Waals surface area contributed by atoms with Crippen LogP contribution in [0.15, 0.2) is 0 Å². The normalized spacial score (nSPS) is 34.7. The smallest absolute Gasteiger partial charge is 0.0218 e. The molecule has 2 fully saturated rings. The standard InChI is InChI=1S/C12H24N2/c1-3-12(5-6-12)9-13-8-11-10(2)4-7-14-11/h10-11,13-14H,3-9H2,1-2H3. The SMILES string of the molecule is CCC1(CNCC2NCCC2C)CC1. The van der Waals surface area contributed by atoms with E-state index in [0.29, 0.717) is 5.41 Å². The number of nitrogens with one attached hydrogen (secondary N) is 2. The molecule has 82 valence electrons. The number of rotatable bonds is 5. The molecule has 0 aromatic heterocycles. The van der Waals surface area contributed by atoms with Crippen molar-refractivity contribution in [1.29, 1.82) is 0 Å². The molecule has 2 unspecified atom stereocenters. The van der Waals surface area contributed by atoms with E-state index in [2.05, 4.69) is 24.5 Å². The molecule has 0 bridgehead atoms. The predicted molar refractivity (Wildman–Crippen MR) is 60.4 cm³/mol. The topological polar surface area (TPSA) is 24.1 Å². The molecule has 1 saturated carbocycles. The van der Waals surface area contributed by atoms with Gasteiger partial charge in [0.05, 0.1) is 0 Å². The molecule has 0 radical (unpaired) electrons. The largest absolute Gasteiger partial charge is 0.315 e. The summed E-state index contributed by atoms with van der Waals surface area (Å²) in [7, 11) is 0. The van der Waals surface area contributed by atoms with Gasteiger partial charge in [-0.2, -0.15) is 0 Å². The van der Waals surface area contributed by atoms with Crippen molar-refractivity contribution in [1.82, 2.24) is 10.6 Å². The maximum Gasteiger partial charge on any atom is 0.0218 e. The van der Waals surface area contributed by atoms with Crippen molar-refractivity contribution in [3.05, 3.63) is 0 Å². The summed E-state index contributed by atoms with van der Waals surface area (Å²) in [5.74, 6) is 0.860. The first-order valence-corrected chi connectivity index (χ1v) is 6.20. The lowest BCUT2D eigenvalue weighted by Gasteiger charge is -2.19. The lowest BCUT2D eigenvalue weighted by atomic mass is 10.0. The first-order valence-electron chi connectivity index (χ1n) is 6.20. The van der Waals surface area contributed by atoms with Gasteiger partial charge in [0, 0.05) is 19.1 Å². The van der Waals surface area contributed by atoms with E-state index in [1.54, 1.807) is 0 Å². The fourth-order valence-electron chi connectivity index (χ4n) is 2.50. The highest BCUT2D eigenvalue weighted by atomic mass is 15.0. The summed E-state index contributed by atoms with van der Waals surface area (Å²) < 4.78 is 0. The maximum atomic E-state index is 3.65. The molecular weight excluding hydrogens is 172 g/mol. The summed E-state index contributed by atoms with van der Waals surface area (Å²) in [6, 6.07) is 0.725. The zero-order chi connectivity index (χ0) is 10.0. The zero-order valence-corrected chi connectivity index (χ0v) is 9.60. The monoisotopic (exact) mass is 196 g/mol. The van der Waals surface area contributed by atoms with Crippen LogP contribution in [0.1, 0.15) is 39.5 Å². The molecular formula is C12H24N2. The van der Waals surface area contributed by atoms with Gasteiger partial charge in [-0.25, -0.2) is 0 Å². The highest BCUT2D eigenvalue weighted by Gasteiger charge is 2.40. The molecule has 2 rings (SSSR count). The second kappa shape index (κ2) is 4.19. The Hall–Kier alpha value is -0.0800. The minimum absolute atomic E-state index is 0.696. The van der Waals surface area contributed by atoms with E-state index in [-0.39, 0.29) is 0 Å². The van der Waals surface area contributed by atoms with Crippen LogP contribution in [0.2, 0.25) is 0 Å². The minimum Gasteiger partial charge on any atom is -0.315 e. The Morgan fingerprint density at radius 3 is 2.71 bits per heavy atom. The van der Waals surface area contributed by atoms with Crippen molar-refractivity contribution in [2.45, 2.75) is 45.6 Å². The van der Waals surface area contributed by atoms with Crippen LogP contribution in [0.5, 0.6) is 0 Å². The minimum atomic E-state index is 0.696. The third-order valence-corrected chi connectivity index (χ3v) is 4.26. The first kappa shape index (κ1) is 10.4. The third kappa shape index (κ3) is 2.29. The van der Waals surface area contributed by atoms with Crippen molar-refractivity contribution in [3.8, 4) is 0 Å². The van der Waals surface area contributed by atoms with Gasteiger partial charge in [-0.1, -0.05) is 13.8 Å². The van der Waals surface area contributed by atoms with Crippen LogP contribution < -0.4 is 10.6 Å². The quantitative estimate of drug-likeness (QED) is 0.700. The lowest BCUT2D eigenvalue weighted by Crippen LogP contribution is -2.39. The van der Waals surface area contributed by atoms with Crippen LogP contribution in [0.3, 0.4) is 0 Å². The van der Waals surface area contributed by atoms with Crippen LogP contribution >= 0.6 is 0 Å². The lowest BCUT2D eigenvalue weighted by molar-refractivity contribution is 0.396. The van der Waals surface area contributed by atoms with E-state index in [9.17, 15) is 0 Å². The van der Waals surface area contributed by atoms with E-state index in [1.807, 2.05) is 0 Å². The van der Waals surface area contributed by atoms with Crippen LogP contribution in [0.4, 0.5) is 0 Å². The summed E-state index contributed by atoms with van der Waals surface area (Å²) in [6.07, 6.45) is 5.60. The van der Waals surface area contributed by atoms with Crippen molar-refractivity contribution >= 4 is 0 Å². The Balaban J connectivity index is 1.63. The molecule has 2 aliphatic rings. The first-order chi connectivity index (χ1) is 6.76. The molecule has 0 aromatic carbocycles. The second-order valence-corrected chi connectivity index (χ2v) is 5.31. The Morgan fingerprint density at radius 1 is 1.43 bits per heavy atom. The Bertz CT molecular complexity index is 187. The molecule has 2 N–H and O–H groups in total. The Kier molecular flexibility index (Phi) is 3.13. The van der Waals surface area contributed by atoms with E-state index in [4.69, 9.17) is 0 Å². The summed E-state index contributed by atoms with van der Waals surface area (Å²) >= 11 is 0. The van der Waals surface area contributed by atoms with Crippen molar-refractivity contribution in [2.75, 3.05) is 19.6 Å². The molecule has 1 aliphatic heterocycles. The van der Waals surface area contributed by atoms with Crippen LogP contribution in [-0.4, -0.2) is 25.7 Å². The van der Waals surface area contributed by atoms with Crippen molar-refractivity contribution in [3.63, 3.8) is 0 Å². The van der Waals surface area contributed by atoms with E-state index in [1.165, 1.54) is 45.3 Å². The molecule has 0 spiro atoms. The molecule has 1 aliphatic carbocycles. The Morgan fingerprint density at radius 2 is 2.21 bits per heavy atom. The van der Waals surface area contributed by atoms with Gasteiger partial charge >= 0.3 is 0 Å². The van der Waals surface area contributed by atoms with Gasteiger partial charge in [-0.15, -0.1) is 0 Å². The molecule has 2 nitrogen and oxygen atoms in total. The van der Waals surface area contributed by atoms with E-state index in [0.717, 1.165) is 12.0 Å². The van der Waals surface area contributed by atoms with Crippen LogP contribution in [0, 0.1) is 11.3 Å². The molecule has 0 aromatic rings. The second-order valence-electron chi connectivity index (χ2n) is 5.31. The summed E-state index contributed by atoms with van der Waals surface area (Å²) in [5.41, 5.74) is 0.696. The summed E-state index contributed by atoms with van der Waals surface area (Å²) in [6.45, 7) is 8.31. The van der Waals surface area contributed by atoms with Gasteiger partial charge in [0.2, 0.25) is 0 Å². The molecule has 0 amide bonds. The predicted octanol–water partition coefficient (Wildman–Crippen LogP) is 1.76. The fourth-order valence-corrected chi connectivity index (χ4v) is 2.50. The maximum absolute atomic E-state index is 3.65. The van der Waals surface area contributed by atoms with Gasteiger partial charge in [0.25, 0.3) is 0 Å². The van der Waals surface area contributed by atoms with Gasteiger partial charge in [0.1, 0.15) is 0 Å². The van der Waals surface area contributed by atoms with E-state index >= 15 is 0 Å². The number of hydrogen-bond donors (Lipinski definition) is 2. The molecule has 2 heteroatoms.